The van der Waals surface area contributed by atoms with Gasteiger partial charge in [-0.1, -0.05) is 146 Å². The van der Waals surface area contributed by atoms with Gasteiger partial charge in [-0.15, -0.1) is 0 Å². The first-order valence-electron chi connectivity index (χ1n) is 22.5. The summed E-state index contributed by atoms with van der Waals surface area (Å²) in [6.45, 7) is 3.97. The third-order valence-corrected chi connectivity index (χ3v) is 10.4. The van der Waals surface area contributed by atoms with Crippen LogP contribution in [0.2, 0.25) is 0 Å². The number of ether oxygens (including phenoxy) is 2. The predicted octanol–water partition coefficient (Wildman–Crippen LogP) is 11.0. The number of rotatable bonds is 40. The molecule has 0 bridgehead atoms. The molecule has 0 radical (unpaired) electrons. The zero-order valence-electron chi connectivity index (χ0n) is 36.9. The molecule has 332 valence electrons. The first-order valence-corrected chi connectivity index (χ1v) is 23.9. The van der Waals surface area contributed by atoms with Gasteiger partial charge in [-0.3, -0.25) is 14.2 Å². The number of nitrogens with zero attached hydrogens (tertiary/aromatic N) is 1. The number of unbranched alkanes of at least 4 members (excludes halogenated alkanes) is 17. The van der Waals surface area contributed by atoms with Crippen LogP contribution in [0.15, 0.2) is 48.6 Å². The Labute approximate surface area is 348 Å². The molecule has 1 N–H and O–H groups in total. The van der Waals surface area contributed by atoms with Crippen LogP contribution in [0.4, 0.5) is 0 Å². The number of phosphoric acid groups is 1. The Morgan fingerprint density at radius 2 is 1.18 bits per heavy atom. The number of hydrogen-bond donors (Lipinski definition) is 1. The molecule has 0 fully saturated rings. The van der Waals surface area contributed by atoms with Crippen molar-refractivity contribution < 1.29 is 47.2 Å². The number of phosphoric ester groups is 1. The molecule has 0 aliphatic carbocycles. The Kier molecular flexibility index (Phi) is 36.8. The zero-order valence-corrected chi connectivity index (χ0v) is 37.8. The Morgan fingerprint density at radius 1 is 0.649 bits per heavy atom. The lowest BCUT2D eigenvalue weighted by Crippen LogP contribution is -2.37. The van der Waals surface area contributed by atoms with Crippen LogP contribution in [0.1, 0.15) is 174 Å². The molecule has 0 saturated carbocycles. The summed E-state index contributed by atoms with van der Waals surface area (Å²) >= 11 is 0. The predicted molar refractivity (Wildman–Crippen MR) is 233 cm³/mol. The van der Waals surface area contributed by atoms with Gasteiger partial charge in [0.25, 0.3) is 7.82 Å². The fourth-order valence-corrected chi connectivity index (χ4v) is 6.56. The van der Waals surface area contributed by atoms with E-state index in [0.29, 0.717) is 30.3 Å². The smallest absolute Gasteiger partial charge is 0.306 e. The van der Waals surface area contributed by atoms with Crippen LogP contribution in [-0.2, 0) is 32.7 Å². The van der Waals surface area contributed by atoms with E-state index in [0.717, 1.165) is 38.5 Å². The number of aliphatic hydroxyl groups excluding tert-OH is 1. The lowest BCUT2D eigenvalue weighted by Gasteiger charge is -2.28. The molecular formula is C46H84NO9P. The molecule has 0 aromatic carbocycles. The average Bonchev–Trinajstić information content (AvgIpc) is 3.15. The van der Waals surface area contributed by atoms with E-state index < -0.39 is 38.6 Å². The number of aliphatic hydroxyl groups is 1. The van der Waals surface area contributed by atoms with Gasteiger partial charge in [0.2, 0.25) is 0 Å². The lowest BCUT2D eigenvalue weighted by molar-refractivity contribution is -0.870. The summed E-state index contributed by atoms with van der Waals surface area (Å²) in [6, 6.07) is 0. The molecule has 0 rings (SSSR count). The number of carbonyl (C=O) groups excluding carboxylic acids is 2. The summed E-state index contributed by atoms with van der Waals surface area (Å²) in [4.78, 5) is 37.5. The first kappa shape index (κ1) is 54.9. The van der Waals surface area contributed by atoms with Crippen molar-refractivity contribution in [2.45, 2.75) is 187 Å². The molecule has 0 aromatic rings. The van der Waals surface area contributed by atoms with Crippen LogP contribution < -0.4 is 4.89 Å². The molecule has 0 aliphatic heterocycles. The second-order valence-corrected chi connectivity index (χ2v) is 17.7. The van der Waals surface area contributed by atoms with Gasteiger partial charge in [0, 0.05) is 12.8 Å². The number of likely N-dealkylation sites (N-methyl/N-ethyl adjacent to an activating group) is 1. The Bertz CT molecular complexity index is 1130. The monoisotopic (exact) mass is 826 g/mol. The van der Waals surface area contributed by atoms with E-state index >= 15 is 0 Å². The summed E-state index contributed by atoms with van der Waals surface area (Å²) in [5.41, 5.74) is 0. The van der Waals surface area contributed by atoms with Gasteiger partial charge in [0.05, 0.1) is 33.9 Å². The lowest BCUT2D eigenvalue weighted by atomic mass is 10.1. The molecule has 3 atom stereocenters. The van der Waals surface area contributed by atoms with Crippen molar-refractivity contribution in [1.29, 1.82) is 0 Å². The minimum atomic E-state index is -4.68. The third-order valence-electron chi connectivity index (χ3n) is 9.43. The second kappa shape index (κ2) is 38.2. The van der Waals surface area contributed by atoms with E-state index in [4.69, 9.17) is 18.5 Å². The van der Waals surface area contributed by atoms with E-state index in [1.807, 2.05) is 33.3 Å². The van der Waals surface area contributed by atoms with Crippen LogP contribution in [0, 0.1) is 0 Å². The SMILES string of the molecule is CCCCCC/C=C\CCCCCCCCCC(=O)OC[C@H](COP(=O)([O-])OCC[N+](C)(C)C)OC(=O)CCCC(O)/C=C/C=C/C/C=C/CCCCCCCC. The minimum Gasteiger partial charge on any atom is -0.756 e. The average molecular weight is 826 g/mol. The van der Waals surface area contributed by atoms with Crippen LogP contribution >= 0.6 is 7.82 Å². The van der Waals surface area contributed by atoms with Gasteiger partial charge in [0.1, 0.15) is 19.8 Å². The molecule has 0 aromatic heterocycles. The highest BCUT2D eigenvalue weighted by molar-refractivity contribution is 7.45. The summed E-state index contributed by atoms with van der Waals surface area (Å²) in [5.74, 6) is -1.04. The van der Waals surface area contributed by atoms with Crippen LogP contribution in [-0.4, -0.2) is 81.2 Å². The van der Waals surface area contributed by atoms with Crippen molar-refractivity contribution in [1.82, 2.24) is 0 Å². The van der Waals surface area contributed by atoms with E-state index in [1.165, 1.54) is 89.9 Å². The van der Waals surface area contributed by atoms with Crippen LogP contribution in [0.5, 0.6) is 0 Å². The van der Waals surface area contributed by atoms with E-state index in [2.05, 4.69) is 38.2 Å². The molecule has 0 amide bonds. The van der Waals surface area contributed by atoms with Crippen molar-refractivity contribution in [2.24, 2.45) is 0 Å². The highest BCUT2D eigenvalue weighted by atomic mass is 31.2. The van der Waals surface area contributed by atoms with Crippen molar-refractivity contribution >= 4 is 19.8 Å². The van der Waals surface area contributed by atoms with Gasteiger partial charge in [-0.2, -0.15) is 0 Å². The van der Waals surface area contributed by atoms with Crippen molar-refractivity contribution in [3.05, 3.63) is 48.6 Å². The van der Waals surface area contributed by atoms with Crippen LogP contribution in [0.3, 0.4) is 0 Å². The maximum atomic E-state index is 12.7. The minimum absolute atomic E-state index is 0.000550. The molecule has 0 heterocycles. The molecule has 2 unspecified atom stereocenters. The number of quaternary nitrogens is 1. The summed E-state index contributed by atoms with van der Waals surface area (Å²) in [6.07, 6.45) is 40.2. The van der Waals surface area contributed by atoms with Gasteiger partial charge >= 0.3 is 11.9 Å². The van der Waals surface area contributed by atoms with Crippen molar-refractivity contribution in [3.8, 4) is 0 Å². The molecule has 11 heteroatoms. The normalized spacial score (nSPS) is 14.6. The molecule has 10 nitrogen and oxygen atoms in total. The number of allylic oxidation sites excluding steroid dienone is 7. The Balaban J connectivity index is 4.55. The number of carbonyl (C=O) groups is 2. The summed E-state index contributed by atoms with van der Waals surface area (Å²) < 4.78 is 33.7. The Morgan fingerprint density at radius 3 is 1.77 bits per heavy atom. The highest BCUT2D eigenvalue weighted by Crippen LogP contribution is 2.38. The molecule has 0 spiro atoms. The van der Waals surface area contributed by atoms with Crippen LogP contribution in [0.25, 0.3) is 0 Å². The first-order chi connectivity index (χ1) is 27.4. The topological polar surface area (TPSA) is 131 Å². The fraction of sp³-hybridized carbons (Fsp3) is 0.783. The van der Waals surface area contributed by atoms with Crippen molar-refractivity contribution in [2.75, 3.05) is 47.5 Å². The van der Waals surface area contributed by atoms with Gasteiger partial charge in [-0.05, 0) is 64.2 Å². The molecular weight excluding hydrogens is 741 g/mol. The fourth-order valence-electron chi connectivity index (χ4n) is 5.83. The number of hydrogen-bond acceptors (Lipinski definition) is 9. The van der Waals surface area contributed by atoms with E-state index in [1.54, 1.807) is 12.2 Å². The quantitative estimate of drug-likeness (QED) is 0.0160. The van der Waals surface area contributed by atoms with E-state index in [9.17, 15) is 24.2 Å². The third kappa shape index (κ3) is 41.9. The summed E-state index contributed by atoms with van der Waals surface area (Å²) in [5, 5.41) is 10.3. The highest BCUT2D eigenvalue weighted by Gasteiger charge is 2.22. The van der Waals surface area contributed by atoms with E-state index in [-0.39, 0.29) is 26.1 Å². The summed E-state index contributed by atoms with van der Waals surface area (Å²) in [7, 11) is 1.05. The maximum absolute atomic E-state index is 12.7. The molecule has 0 saturated heterocycles. The van der Waals surface area contributed by atoms with Gasteiger partial charge < -0.3 is 33.0 Å². The standard InChI is InChI=1S/C46H84NO9P/c1-6-8-10-12-14-16-18-20-21-23-25-27-29-31-33-37-45(49)53-41-44(42-55-57(51,52)54-40-39-47(3,4)5)56-46(50)38-34-36-43(48)35-32-30-28-26-24-22-19-17-15-13-11-9-7-2/h16,18,22,24,28,30,32,35,43-44,48H,6-15,17,19-21,23,25-27,29,31,33-34,36-42H2,1-5H3/b18-16-,24-22+,30-28+,35-32+/t43?,44-/m1/s1. The second-order valence-electron chi connectivity index (χ2n) is 16.3. The number of esters is 2. The maximum Gasteiger partial charge on any atom is 0.306 e. The Hall–Kier alpha value is -2.07. The zero-order chi connectivity index (χ0) is 42.3. The van der Waals surface area contributed by atoms with Crippen molar-refractivity contribution in [3.63, 3.8) is 0 Å². The van der Waals surface area contributed by atoms with Gasteiger partial charge in [-0.25, -0.2) is 0 Å². The van der Waals surface area contributed by atoms with Gasteiger partial charge in [0.15, 0.2) is 6.10 Å². The molecule has 0 aliphatic rings. The largest absolute Gasteiger partial charge is 0.756 e. The molecule has 57 heavy (non-hydrogen) atoms.